The number of phosphoric ester groups is 1. The number of nitrogens with one attached hydrogen (secondary N) is 2. The van der Waals surface area contributed by atoms with Crippen LogP contribution in [0.4, 0.5) is 16.0 Å². The van der Waals surface area contributed by atoms with Gasteiger partial charge in [0.05, 0.1) is 62.6 Å². The monoisotopic (exact) mass is 869 g/mol. The van der Waals surface area contributed by atoms with Crippen molar-refractivity contribution in [3.63, 3.8) is 0 Å². The maximum atomic E-state index is 14.6. The van der Waals surface area contributed by atoms with E-state index < -0.39 is 66.3 Å². The first kappa shape index (κ1) is 45.4. The third-order valence-electron chi connectivity index (χ3n) is 9.32. The largest absolute Gasteiger partial charge is 0.475 e. The van der Waals surface area contributed by atoms with E-state index in [1.165, 1.54) is 27.8 Å². The molecule has 59 heavy (non-hydrogen) atoms. The fourth-order valence-corrected chi connectivity index (χ4v) is 8.72. The van der Waals surface area contributed by atoms with Gasteiger partial charge >= 0.3 is 7.82 Å². The minimum absolute atomic E-state index is 0.00373. The van der Waals surface area contributed by atoms with Crippen molar-refractivity contribution in [1.82, 2.24) is 25.2 Å². The SMILES string of the molecule is CC[C@](C)(NC(=O)C(COP(=O)(OC(C)(C)C)OC(C)(C)C)NC(=O)c1cnc2n1[C@](C)(Cc1ccc(C#N)cc1)C(=O)N2c1cc(Cl)c(F)c(Cl)c1)c1ccccn1. The highest BCUT2D eigenvalue weighted by Gasteiger charge is 2.51. The van der Waals surface area contributed by atoms with E-state index >= 15 is 0 Å². The van der Waals surface area contributed by atoms with Crippen molar-refractivity contribution in [3.8, 4) is 6.07 Å². The van der Waals surface area contributed by atoms with Crippen LogP contribution in [0.5, 0.6) is 0 Å². The Morgan fingerprint density at radius 1 is 1.00 bits per heavy atom. The van der Waals surface area contributed by atoms with Crippen LogP contribution in [0.1, 0.15) is 96.0 Å². The summed E-state index contributed by atoms with van der Waals surface area (Å²) >= 11 is 12.3. The second-order valence-electron chi connectivity index (χ2n) is 16.5. The Morgan fingerprint density at radius 3 is 2.14 bits per heavy atom. The highest BCUT2D eigenvalue weighted by Crippen LogP contribution is 2.55. The highest BCUT2D eigenvalue weighted by molar-refractivity contribution is 7.48. The molecule has 1 aliphatic rings. The van der Waals surface area contributed by atoms with Crippen molar-refractivity contribution in [2.24, 2.45) is 0 Å². The van der Waals surface area contributed by atoms with Crippen LogP contribution in [0.15, 0.2) is 67.0 Å². The zero-order chi connectivity index (χ0) is 43.7. The Labute approximate surface area is 353 Å². The number of hydrogen-bond acceptors (Lipinski definition) is 10. The van der Waals surface area contributed by atoms with Crippen LogP contribution in [0, 0.1) is 17.1 Å². The van der Waals surface area contributed by atoms with Gasteiger partial charge in [-0.2, -0.15) is 5.26 Å². The van der Waals surface area contributed by atoms with Crippen molar-refractivity contribution in [3.05, 3.63) is 105 Å². The van der Waals surface area contributed by atoms with Crippen molar-refractivity contribution in [1.29, 1.82) is 5.26 Å². The van der Waals surface area contributed by atoms with Gasteiger partial charge in [0, 0.05) is 12.6 Å². The number of imidazole rings is 1. The lowest BCUT2D eigenvalue weighted by atomic mass is 9.91. The molecule has 1 unspecified atom stereocenters. The lowest BCUT2D eigenvalue weighted by Gasteiger charge is -2.33. The van der Waals surface area contributed by atoms with Gasteiger partial charge < -0.3 is 10.6 Å². The van der Waals surface area contributed by atoms with E-state index in [-0.39, 0.29) is 33.8 Å². The Bertz CT molecular complexity index is 2280. The van der Waals surface area contributed by atoms with E-state index in [2.05, 4.69) is 26.7 Å². The molecule has 2 aromatic heterocycles. The summed E-state index contributed by atoms with van der Waals surface area (Å²) < 4.78 is 47.5. The van der Waals surface area contributed by atoms with Crippen molar-refractivity contribution >= 4 is 60.4 Å². The number of carbonyl (C=O) groups excluding carboxylic acids is 3. The molecule has 4 aromatic rings. The molecule has 3 atom stereocenters. The van der Waals surface area contributed by atoms with Crippen LogP contribution in [-0.2, 0) is 45.2 Å². The van der Waals surface area contributed by atoms with Crippen molar-refractivity contribution in [2.45, 2.75) is 103 Å². The normalized spacial score (nSPS) is 17.2. The number of phosphoric acid groups is 1. The quantitative estimate of drug-likeness (QED) is 0.0922. The molecule has 5 rings (SSSR count). The molecule has 3 amide bonds. The first-order chi connectivity index (χ1) is 27.4. The first-order valence-electron chi connectivity index (χ1n) is 18.7. The summed E-state index contributed by atoms with van der Waals surface area (Å²) in [5.41, 5.74) is -3.07. The minimum atomic E-state index is -4.40. The topological polar surface area (TPSA) is 178 Å². The third kappa shape index (κ3) is 10.2. The Hall–Kier alpha value is -4.68. The molecule has 0 saturated carbocycles. The second kappa shape index (κ2) is 17.1. The molecule has 0 bridgehead atoms. The molecule has 3 heterocycles. The van der Waals surface area contributed by atoms with Gasteiger partial charge in [0.15, 0.2) is 5.82 Å². The summed E-state index contributed by atoms with van der Waals surface area (Å²) in [6.45, 7) is 14.5. The summed E-state index contributed by atoms with van der Waals surface area (Å²) in [7, 11) is -4.40. The number of carbonyl (C=O) groups is 3. The molecule has 0 aliphatic carbocycles. The number of halogens is 3. The summed E-state index contributed by atoms with van der Waals surface area (Å²) in [5.74, 6) is -3.05. The van der Waals surface area contributed by atoms with E-state index in [1.807, 2.05) is 6.92 Å². The van der Waals surface area contributed by atoms with Gasteiger partial charge in [0.2, 0.25) is 11.9 Å². The molecule has 0 fully saturated rings. The zero-order valence-corrected chi connectivity index (χ0v) is 36.6. The summed E-state index contributed by atoms with van der Waals surface area (Å²) in [6, 6.07) is 14.8. The van der Waals surface area contributed by atoms with Gasteiger partial charge in [-0.3, -0.25) is 37.5 Å². The van der Waals surface area contributed by atoms with E-state index in [9.17, 15) is 28.6 Å². The average Bonchev–Trinajstić information content (AvgIpc) is 3.68. The van der Waals surface area contributed by atoms with Crippen LogP contribution in [-0.4, -0.2) is 56.1 Å². The molecule has 0 radical (unpaired) electrons. The predicted octanol–water partition coefficient (Wildman–Crippen LogP) is 8.53. The molecule has 0 spiro atoms. The number of anilines is 2. The minimum Gasteiger partial charge on any atom is -0.343 e. The van der Waals surface area contributed by atoms with Crippen LogP contribution in [0.3, 0.4) is 0 Å². The fraction of sp³-hybridized carbons (Fsp3) is 0.415. The van der Waals surface area contributed by atoms with Crippen LogP contribution >= 0.6 is 31.0 Å². The standard InChI is InChI=1S/C41H47Cl2FN7O7P/c1-10-40(8,32-13-11-12-18-46-32)49-34(52)30(24-56-59(55,57-38(2,3)4)58-39(5,6)7)48-35(53)31-23-47-37-50(27-19-28(42)33(44)29(43)20-27)36(54)41(9,51(31)37)21-25-14-16-26(22-45)17-15-25/h11-20,23,30H,10,21,24H2,1-9H3,(H,48,53)(H,49,52)/t30?,40-,41+/m0/s1. The summed E-state index contributed by atoms with van der Waals surface area (Å²) in [4.78, 5) is 53.6. The molecular formula is C41H47Cl2FN7O7P. The molecule has 1 aliphatic heterocycles. The maximum Gasteiger partial charge on any atom is 0.475 e. The second-order valence-corrected chi connectivity index (χ2v) is 18.8. The molecule has 2 aromatic carbocycles. The number of rotatable bonds is 14. The average molecular weight is 871 g/mol. The number of fused-ring (bicyclic) bond motifs is 1. The number of amides is 3. The van der Waals surface area contributed by atoms with Crippen LogP contribution < -0.4 is 15.5 Å². The third-order valence-corrected chi connectivity index (χ3v) is 11.9. The van der Waals surface area contributed by atoms with Gasteiger partial charge in [0.25, 0.3) is 11.8 Å². The maximum absolute atomic E-state index is 14.6. The molecule has 0 saturated heterocycles. The van der Waals surface area contributed by atoms with Crippen LogP contribution in [0.2, 0.25) is 10.0 Å². The fourth-order valence-electron chi connectivity index (χ4n) is 6.43. The Kier molecular flexibility index (Phi) is 13.2. The molecule has 314 valence electrons. The Balaban J connectivity index is 1.59. The van der Waals surface area contributed by atoms with Crippen molar-refractivity contribution in [2.75, 3.05) is 11.5 Å². The first-order valence-corrected chi connectivity index (χ1v) is 20.9. The van der Waals surface area contributed by atoms with Gasteiger partial charge in [-0.05, 0) is 104 Å². The summed E-state index contributed by atoms with van der Waals surface area (Å²) in [5, 5.41) is 14.4. The lowest BCUT2D eigenvalue weighted by molar-refractivity contribution is -0.126. The number of nitriles is 1. The van der Waals surface area contributed by atoms with Gasteiger partial charge in [-0.25, -0.2) is 18.8 Å². The summed E-state index contributed by atoms with van der Waals surface area (Å²) in [6.07, 6.45) is 3.22. The van der Waals surface area contributed by atoms with Crippen molar-refractivity contribution < 1.29 is 36.9 Å². The molecule has 2 N–H and O–H groups in total. The van der Waals surface area contributed by atoms with E-state index in [4.69, 9.17) is 36.8 Å². The van der Waals surface area contributed by atoms with E-state index in [0.717, 1.165) is 0 Å². The Morgan fingerprint density at radius 2 is 1.61 bits per heavy atom. The van der Waals surface area contributed by atoms with Crippen LogP contribution in [0.25, 0.3) is 0 Å². The number of nitrogens with zero attached hydrogens (tertiary/aromatic N) is 5. The highest BCUT2D eigenvalue weighted by atomic mass is 35.5. The van der Waals surface area contributed by atoms with Gasteiger partial charge in [-0.15, -0.1) is 0 Å². The smallest absolute Gasteiger partial charge is 0.343 e. The molecular weight excluding hydrogens is 823 g/mol. The number of aromatic nitrogens is 3. The lowest BCUT2D eigenvalue weighted by Crippen LogP contribution is -2.55. The number of benzene rings is 2. The van der Waals surface area contributed by atoms with Gasteiger partial charge in [0.1, 0.15) is 17.3 Å². The zero-order valence-electron chi connectivity index (χ0n) is 34.2. The van der Waals surface area contributed by atoms with E-state index in [0.29, 0.717) is 23.2 Å². The van der Waals surface area contributed by atoms with E-state index in [1.54, 1.807) is 104 Å². The van der Waals surface area contributed by atoms with Gasteiger partial charge in [-0.1, -0.05) is 48.3 Å². The number of pyridine rings is 1. The number of hydrogen-bond donors (Lipinski definition) is 2. The predicted molar refractivity (Wildman–Crippen MR) is 221 cm³/mol. The molecule has 14 nitrogen and oxygen atoms in total. The molecule has 18 heteroatoms.